The first-order valence-corrected chi connectivity index (χ1v) is 5.86. The van der Waals surface area contributed by atoms with Crippen LogP contribution in [0.15, 0.2) is 18.3 Å². The van der Waals surface area contributed by atoms with E-state index in [2.05, 4.69) is 10.3 Å². The average Bonchev–Trinajstić information content (AvgIpc) is 2.83. The van der Waals surface area contributed by atoms with E-state index in [0.29, 0.717) is 30.8 Å². The van der Waals surface area contributed by atoms with Crippen molar-refractivity contribution in [3.8, 4) is 0 Å². The Labute approximate surface area is 105 Å². The van der Waals surface area contributed by atoms with Gasteiger partial charge >= 0.3 is 0 Å². The Bertz CT molecular complexity index is 430. The fraction of sp³-hybridized carbons (Fsp3) is 0.500. The quantitative estimate of drug-likeness (QED) is 0.665. The molecule has 1 aliphatic heterocycles. The van der Waals surface area contributed by atoms with E-state index in [-0.39, 0.29) is 19.1 Å². The van der Waals surface area contributed by atoms with Crippen LogP contribution >= 0.6 is 0 Å². The van der Waals surface area contributed by atoms with E-state index in [1.165, 1.54) is 0 Å². The van der Waals surface area contributed by atoms with E-state index in [0.717, 1.165) is 0 Å². The number of ether oxygens (including phenoxy) is 1. The van der Waals surface area contributed by atoms with Gasteiger partial charge in [-0.2, -0.15) is 0 Å². The van der Waals surface area contributed by atoms with Gasteiger partial charge in [-0.3, -0.25) is 9.78 Å². The molecular formula is C12H17N3O3. The smallest absolute Gasteiger partial charge is 0.251 e. The minimum absolute atomic E-state index is 0.187. The van der Waals surface area contributed by atoms with Crippen molar-refractivity contribution >= 4 is 5.91 Å². The predicted molar refractivity (Wildman–Crippen MR) is 64.8 cm³/mol. The lowest BCUT2D eigenvalue weighted by atomic mass is 10.0. The van der Waals surface area contributed by atoms with Gasteiger partial charge in [0.25, 0.3) is 5.91 Å². The largest absolute Gasteiger partial charge is 0.386 e. The van der Waals surface area contributed by atoms with Crippen LogP contribution in [0, 0.1) is 0 Å². The second-order valence-electron chi connectivity index (χ2n) is 4.45. The maximum absolute atomic E-state index is 11.9. The molecule has 2 rings (SSSR count). The lowest BCUT2D eigenvalue weighted by Gasteiger charge is -2.20. The number of pyridine rings is 1. The first-order chi connectivity index (χ1) is 8.63. The predicted octanol–water partition coefficient (Wildman–Crippen LogP) is -0.579. The molecule has 0 bridgehead atoms. The number of aromatic nitrogens is 1. The minimum atomic E-state index is -0.945. The van der Waals surface area contributed by atoms with E-state index in [9.17, 15) is 9.90 Å². The number of nitrogens with two attached hydrogens (primary N) is 1. The zero-order chi connectivity index (χ0) is 13.0. The van der Waals surface area contributed by atoms with Crippen molar-refractivity contribution in [3.05, 3.63) is 29.6 Å². The Kier molecular flexibility index (Phi) is 3.90. The summed E-state index contributed by atoms with van der Waals surface area (Å²) in [6, 6.07) is 3.26. The highest BCUT2D eigenvalue weighted by atomic mass is 16.5. The molecule has 2 heterocycles. The topological polar surface area (TPSA) is 97.5 Å². The zero-order valence-corrected chi connectivity index (χ0v) is 10.1. The summed E-state index contributed by atoms with van der Waals surface area (Å²) in [4.78, 5) is 15.9. The molecular weight excluding hydrogens is 234 g/mol. The summed E-state index contributed by atoms with van der Waals surface area (Å²) in [5.74, 6) is -0.243. The van der Waals surface area contributed by atoms with Crippen LogP contribution in [-0.2, 0) is 11.3 Å². The number of nitrogens with one attached hydrogen (secondary N) is 1. The molecule has 6 nitrogen and oxygen atoms in total. The second-order valence-corrected chi connectivity index (χ2v) is 4.45. The maximum atomic E-state index is 11.9. The lowest BCUT2D eigenvalue weighted by Crippen LogP contribution is -2.43. The van der Waals surface area contributed by atoms with Crippen molar-refractivity contribution < 1.29 is 14.6 Å². The number of aliphatic hydroxyl groups is 1. The van der Waals surface area contributed by atoms with Gasteiger partial charge in [-0.1, -0.05) is 0 Å². The van der Waals surface area contributed by atoms with Crippen molar-refractivity contribution in [1.29, 1.82) is 0 Å². The molecule has 0 saturated carbocycles. The number of hydrogen-bond donors (Lipinski definition) is 3. The summed E-state index contributed by atoms with van der Waals surface area (Å²) >= 11 is 0. The van der Waals surface area contributed by atoms with Gasteiger partial charge in [0.05, 0.1) is 12.3 Å². The Morgan fingerprint density at radius 3 is 3.17 bits per heavy atom. The van der Waals surface area contributed by atoms with Gasteiger partial charge in [-0.25, -0.2) is 0 Å². The standard InChI is InChI=1S/C12H17N3O3/c13-6-10-5-9(1-3-14-10)11(16)15-7-12(17)2-4-18-8-12/h1,3,5,17H,2,4,6-8,13H2,(H,15,16). The number of hydrogen-bond acceptors (Lipinski definition) is 5. The summed E-state index contributed by atoms with van der Waals surface area (Å²) in [6.07, 6.45) is 2.09. The monoisotopic (exact) mass is 251 g/mol. The summed E-state index contributed by atoms with van der Waals surface area (Å²) in [5, 5.41) is 12.7. The molecule has 4 N–H and O–H groups in total. The average molecular weight is 251 g/mol. The normalized spacial score (nSPS) is 23.0. The van der Waals surface area contributed by atoms with Crippen LogP contribution in [0.25, 0.3) is 0 Å². The van der Waals surface area contributed by atoms with Crippen molar-refractivity contribution in [1.82, 2.24) is 10.3 Å². The number of nitrogens with zero attached hydrogens (tertiary/aromatic N) is 1. The van der Waals surface area contributed by atoms with Gasteiger partial charge < -0.3 is 20.9 Å². The lowest BCUT2D eigenvalue weighted by molar-refractivity contribution is 0.0264. The van der Waals surface area contributed by atoms with E-state index in [4.69, 9.17) is 10.5 Å². The molecule has 1 aromatic rings. The molecule has 1 aromatic heterocycles. The van der Waals surface area contributed by atoms with Crippen molar-refractivity contribution in [2.75, 3.05) is 19.8 Å². The van der Waals surface area contributed by atoms with Crippen molar-refractivity contribution in [2.45, 2.75) is 18.6 Å². The molecule has 6 heteroatoms. The zero-order valence-electron chi connectivity index (χ0n) is 10.1. The Hall–Kier alpha value is -1.50. The molecule has 1 unspecified atom stereocenters. The highest BCUT2D eigenvalue weighted by molar-refractivity contribution is 5.94. The van der Waals surface area contributed by atoms with Gasteiger partial charge in [0, 0.05) is 37.9 Å². The van der Waals surface area contributed by atoms with Crippen molar-refractivity contribution in [2.24, 2.45) is 5.73 Å². The third-order valence-electron chi connectivity index (χ3n) is 2.95. The third kappa shape index (κ3) is 3.04. The van der Waals surface area contributed by atoms with E-state index >= 15 is 0 Å². The summed E-state index contributed by atoms with van der Waals surface area (Å²) in [6.45, 7) is 1.27. The Balaban J connectivity index is 1.94. The second kappa shape index (κ2) is 5.43. The summed E-state index contributed by atoms with van der Waals surface area (Å²) < 4.78 is 5.11. The molecule has 0 radical (unpaired) electrons. The van der Waals surface area contributed by atoms with Crippen LogP contribution in [0.4, 0.5) is 0 Å². The fourth-order valence-corrected chi connectivity index (χ4v) is 1.81. The summed E-state index contributed by atoms with van der Waals surface area (Å²) in [7, 11) is 0. The highest BCUT2D eigenvalue weighted by Gasteiger charge is 2.32. The van der Waals surface area contributed by atoms with Gasteiger partial charge in [0.15, 0.2) is 0 Å². The van der Waals surface area contributed by atoms with E-state index in [1.54, 1.807) is 18.3 Å². The fourth-order valence-electron chi connectivity index (χ4n) is 1.81. The molecule has 0 aliphatic carbocycles. The maximum Gasteiger partial charge on any atom is 0.251 e. The van der Waals surface area contributed by atoms with Crippen LogP contribution in [0.5, 0.6) is 0 Å². The van der Waals surface area contributed by atoms with Crippen LogP contribution < -0.4 is 11.1 Å². The molecule has 1 atom stereocenters. The first kappa shape index (κ1) is 12.9. The molecule has 18 heavy (non-hydrogen) atoms. The van der Waals surface area contributed by atoms with Gasteiger partial charge in [-0.05, 0) is 12.1 Å². The number of amides is 1. The third-order valence-corrected chi connectivity index (χ3v) is 2.95. The molecule has 1 aliphatic rings. The SMILES string of the molecule is NCc1cc(C(=O)NCC2(O)CCOC2)ccn1. The molecule has 1 amide bonds. The number of carbonyl (C=O) groups excluding carboxylic acids is 1. The number of carbonyl (C=O) groups is 1. The Morgan fingerprint density at radius 2 is 2.50 bits per heavy atom. The van der Waals surface area contributed by atoms with Crippen LogP contribution in [0.3, 0.4) is 0 Å². The van der Waals surface area contributed by atoms with Crippen LogP contribution in [-0.4, -0.2) is 41.4 Å². The first-order valence-electron chi connectivity index (χ1n) is 5.86. The summed E-state index contributed by atoms with van der Waals surface area (Å²) in [5.41, 5.74) is 5.67. The van der Waals surface area contributed by atoms with Gasteiger partial charge in [0.2, 0.25) is 0 Å². The van der Waals surface area contributed by atoms with Crippen LogP contribution in [0.1, 0.15) is 22.5 Å². The molecule has 0 spiro atoms. The number of rotatable bonds is 4. The minimum Gasteiger partial charge on any atom is -0.386 e. The molecule has 98 valence electrons. The van der Waals surface area contributed by atoms with Gasteiger partial charge in [0.1, 0.15) is 5.60 Å². The van der Waals surface area contributed by atoms with Gasteiger partial charge in [-0.15, -0.1) is 0 Å². The highest BCUT2D eigenvalue weighted by Crippen LogP contribution is 2.17. The van der Waals surface area contributed by atoms with Crippen LogP contribution in [0.2, 0.25) is 0 Å². The molecule has 1 saturated heterocycles. The van der Waals surface area contributed by atoms with Crippen molar-refractivity contribution in [3.63, 3.8) is 0 Å². The Morgan fingerprint density at radius 1 is 1.67 bits per heavy atom. The van der Waals surface area contributed by atoms with E-state index < -0.39 is 5.60 Å². The molecule has 1 fully saturated rings. The molecule has 0 aromatic carbocycles. The van der Waals surface area contributed by atoms with E-state index in [1.807, 2.05) is 0 Å².